The summed E-state index contributed by atoms with van der Waals surface area (Å²) in [4.78, 5) is 28.0. The number of rotatable bonds is 2. The van der Waals surface area contributed by atoms with Gasteiger partial charge in [-0.1, -0.05) is 6.92 Å². The fraction of sp³-hybridized carbons (Fsp3) is 0.867. The van der Waals surface area contributed by atoms with Gasteiger partial charge in [0.15, 0.2) is 0 Å². The predicted octanol–water partition coefficient (Wildman–Crippen LogP) is 2.51. The van der Waals surface area contributed by atoms with Crippen molar-refractivity contribution in [2.24, 2.45) is 5.41 Å². The van der Waals surface area contributed by atoms with Gasteiger partial charge in [0.05, 0.1) is 5.41 Å². The van der Waals surface area contributed by atoms with Crippen molar-refractivity contribution in [1.82, 2.24) is 9.80 Å². The number of carbonyl (C=O) groups excluding carboxylic acids is 1. The highest BCUT2D eigenvalue weighted by atomic mass is 32.2. The number of likely N-dealkylation sites (tertiary alicyclic amines) is 1. The minimum absolute atomic E-state index is 0.0159. The third-order valence-electron chi connectivity index (χ3n) is 4.67. The molecule has 0 aromatic carbocycles. The lowest BCUT2D eigenvalue weighted by atomic mass is 9.78. The van der Waals surface area contributed by atoms with E-state index in [1.165, 1.54) is 0 Å². The summed E-state index contributed by atoms with van der Waals surface area (Å²) < 4.78 is 0.0817. The van der Waals surface area contributed by atoms with Crippen molar-refractivity contribution in [3.63, 3.8) is 0 Å². The highest BCUT2D eigenvalue weighted by Crippen LogP contribution is 2.35. The molecule has 2 aliphatic rings. The molecule has 2 heterocycles. The first-order chi connectivity index (χ1) is 9.80. The van der Waals surface area contributed by atoms with Crippen LogP contribution in [0.15, 0.2) is 0 Å². The van der Waals surface area contributed by atoms with Gasteiger partial charge in [-0.15, -0.1) is 0 Å². The Bertz CT molecular complexity index is 427. The number of urea groups is 1. The van der Waals surface area contributed by atoms with E-state index in [0.29, 0.717) is 25.9 Å². The van der Waals surface area contributed by atoms with Crippen LogP contribution in [0.2, 0.25) is 0 Å². The van der Waals surface area contributed by atoms with Crippen LogP contribution in [0, 0.1) is 5.41 Å². The zero-order valence-electron chi connectivity index (χ0n) is 13.2. The molecule has 0 aromatic rings. The molecule has 2 amide bonds. The van der Waals surface area contributed by atoms with Gasteiger partial charge in [0.1, 0.15) is 0 Å². The Labute approximate surface area is 131 Å². The summed E-state index contributed by atoms with van der Waals surface area (Å²) in [5.74, 6) is 0.182. The average molecular weight is 314 g/mol. The number of thioether (sulfide) groups is 1. The van der Waals surface area contributed by atoms with E-state index in [-0.39, 0.29) is 10.8 Å². The van der Waals surface area contributed by atoms with Gasteiger partial charge in [0.2, 0.25) is 0 Å². The molecule has 0 saturated carbocycles. The van der Waals surface area contributed by atoms with E-state index in [1.54, 1.807) is 4.90 Å². The molecule has 2 rings (SSSR count). The number of nitrogens with zero attached hydrogens (tertiary/aromatic N) is 2. The Morgan fingerprint density at radius 3 is 2.43 bits per heavy atom. The van der Waals surface area contributed by atoms with E-state index in [4.69, 9.17) is 0 Å². The lowest BCUT2D eigenvalue weighted by Gasteiger charge is -2.44. The van der Waals surface area contributed by atoms with E-state index in [2.05, 4.69) is 13.8 Å². The normalized spacial score (nSPS) is 29.3. The second-order valence-corrected chi connectivity index (χ2v) is 8.58. The molecule has 1 unspecified atom stereocenters. The first kappa shape index (κ1) is 16.5. The zero-order valence-corrected chi connectivity index (χ0v) is 14.0. The van der Waals surface area contributed by atoms with Crippen LogP contribution in [0.5, 0.6) is 0 Å². The number of hydrogen-bond donors (Lipinski definition) is 1. The topological polar surface area (TPSA) is 60.9 Å². The molecule has 1 atom stereocenters. The molecule has 6 heteroatoms. The number of carbonyl (C=O) groups is 2. The number of carboxylic acid groups (broad SMARTS) is 1. The Morgan fingerprint density at radius 1 is 1.19 bits per heavy atom. The smallest absolute Gasteiger partial charge is 0.320 e. The van der Waals surface area contributed by atoms with Crippen LogP contribution in [0.3, 0.4) is 0 Å². The first-order valence-electron chi connectivity index (χ1n) is 7.71. The number of piperidine rings is 1. The van der Waals surface area contributed by atoms with Gasteiger partial charge < -0.3 is 14.9 Å². The van der Waals surface area contributed by atoms with Crippen molar-refractivity contribution in [2.75, 3.05) is 31.9 Å². The maximum absolute atomic E-state index is 12.7. The molecule has 2 fully saturated rings. The molecule has 0 aromatic heterocycles. The monoisotopic (exact) mass is 314 g/mol. The van der Waals surface area contributed by atoms with Crippen molar-refractivity contribution >= 4 is 23.8 Å². The van der Waals surface area contributed by atoms with Gasteiger partial charge in [0, 0.05) is 36.7 Å². The van der Waals surface area contributed by atoms with E-state index >= 15 is 0 Å². The summed E-state index contributed by atoms with van der Waals surface area (Å²) in [7, 11) is 0. The van der Waals surface area contributed by atoms with Crippen molar-refractivity contribution in [3.05, 3.63) is 0 Å². The minimum atomic E-state index is -0.767. The molecule has 0 spiro atoms. The van der Waals surface area contributed by atoms with Gasteiger partial charge in [0.25, 0.3) is 0 Å². The van der Waals surface area contributed by atoms with Crippen molar-refractivity contribution in [2.45, 2.75) is 44.8 Å². The van der Waals surface area contributed by atoms with Crippen LogP contribution < -0.4 is 0 Å². The molecule has 0 bridgehead atoms. The van der Waals surface area contributed by atoms with Crippen LogP contribution in [-0.2, 0) is 4.79 Å². The number of amides is 2. The van der Waals surface area contributed by atoms with Crippen LogP contribution in [0.25, 0.3) is 0 Å². The maximum Gasteiger partial charge on any atom is 0.320 e. The highest BCUT2D eigenvalue weighted by molar-refractivity contribution is 8.00. The van der Waals surface area contributed by atoms with Crippen molar-refractivity contribution in [1.29, 1.82) is 0 Å². The second kappa shape index (κ2) is 6.07. The zero-order chi connectivity index (χ0) is 15.7. The molecule has 120 valence electrons. The summed E-state index contributed by atoms with van der Waals surface area (Å²) in [5.41, 5.74) is -0.756. The molecular weight excluding hydrogens is 288 g/mol. The van der Waals surface area contributed by atoms with E-state index in [0.717, 1.165) is 25.3 Å². The lowest BCUT2D eigenvalue weighted by Crippen LogP contribution is -2.56. The molecule has 21 heavy (non-hydrogen) atoms. The van der Waals surface area contributed by atoms with E-state index < -0.39 is 11.4 Å². The summed E-state index contributed by atoms with van der Waals surface area (Å²) >= 11 is 1.89. The second-order valence-electron chi connectivity index (χ2n) is 6.78. The minimum Gasteiger partial charge on any atom is -0.481 e. The quantitative estimate of drug-likeness (QED) is 0.851. The van der Waals surface area contributed by atoms with Gasteiger partial charge in [-0.3, -0.25) is 4.79 Å². The first-order valence-corrected chi connectivity index (χ1v) is 8.69. The molecular formula is C15H26N2O3S. The lowest BCUT2D eigenvalue weighted by molar-refractivity contribution is -0.152. The van der Waals surface area contributed by atoms with Crippen LogP contribution in [0.1, 0.15) is 40.0 Å². The molecule has 0 radical (unpaired) electrons. The van der Waals surface area contributed by atoms with Crippen molar-refractivity contribution in [3.8, 4) is 0 Å². The molecule has 2 saturated heterocycles. The van der Waals surface area contributed by atoms with Gasteiger partial charge in [-0.2, -0.15) is 11.8 Å². The standard InChI is InChI=1S/C15H26N2O3S/c1-4-15(12(18)19)6-5-7-16(11-15)13(20)17-8-9-21-14(2,3)10-17/h4-11H2,1-3H3,(H,18,19). The predicted molar refractivity (Wildman–Crippen MR) is 84.7 cm³/mol. The highest BCUT2D eigenvalue weighted by Gasteiger charge is 2.43. The average Bonchev–Trinajstić information content (AvgIpc) is 2.45. The number of hydrogen-bond acceptors (Lipinski definition) is 3. The van der Waals surface area contributed by atoms with Gasteiger partial charge in [-0.05, 0) is 33.1 Å². The fourth-order valence-corrected chi connectivity index (χ4v) is 4.40. The van der Waals surface area contributed by atoms with Gasteiger partial charge >= 0.3 is 12.0 Å². The molecule has 5 nitrogen and oxygen atoms in total. The molecule has 0 aliphatic carbocycles. The third-order valence-corrected chi connectivity index (χ3v) is 5.97. The van der Waals surface area contributed by atoms with Crippen molar-refractivity contribution < 1.29 is 14.7 Å². The summed E-state index contributed by atoms with van der Waals surface area (Å²) in [6, 6.07) is 0.0159. The Kier molecular flexibility index (Phi) is 4.76. The Hall–Kier alpha value is -0.910. The SMILES string of the molecule is CCC1(C(=O)O)CCCN(C(=O)N2CCSC(C)(C)C2)C1. The van der Waals surface area contributed by atoms with Crippen LogP contribution >= 0.6 is 11.8 Å². The van der Waals surface area contributed by atoms with Crippen LogP contribution in [0.4, 0.5) is 4.79 Å². The summed E-state index contributed by atoms with van der Waals surface area (Å²) in [6.07, 6.45) is 2.02. The molecule has 2 aliphatic heterocycles. The van der Waals surface area contributed by atoms with E-state index in [9.17, 15) is 14.7 Å². The Morgan fingerprint density at radius 2 is 1.86 bits per heavy atom. The van der Waals surface area contributed by atoms with Gasteiger partial charge in [-0.25, -0.2) is 4.79 Å². The van der Waals surface area contributed by atoms with E-state index in [1.807, 2.05) is 23.6 Å². The number of aliphatic carboxylic acids is 1. The largest absolute Gasteiger partial charge is 0.481 e. The summed E-state index contributed by atoms with van der Waals surface area (Å²) in [6.45, 7) is 8.74. The number of carboxylic acids is 1. The third kappa shape index (κ3) is 3.47. The van der Waals surface area contributed by atoms with Crippen LogP contribution in [-0.4, -0.2) is 63.6 Å². The summed E-state index contributed by atoms with van der Waals surface area (Å²) in [5, 5.41) is 9.53. The molecule has 1 N–H and O–H groups in total. The maximum atomic E-state index is 12.7. The fourth-order valence-electron chi connectivity index (χ4n) is 3.29. The Balaban J connectivity index is 2.07.